The second-order valence-corrected chi connectivity index (χ2v) is 7.08. The molecule has 2 heterocycles. The number of fused-ring (bicyclic) bond motifs is 1. The van der Waals surface area contributed by atoms with Crippen molar-refractivity contribution in [2.24, 2.45) is 0 Å². The van der Waals surface area contributed by atoms with E-state index in [0.29, 0.717) is 33.2 Å². The van der Waals surface area contributed by atoms with E-state index in [1.807, 2.05) is 12.3 Å². The second-order valence-electron chi connectivity index (χ2n) is 6.20. The number of benzene rings is 2. The van der Waals surface area contributed by atoms with Crippen molar-refractivity contribution in [3.8, 4) is 28.9 Å². The Labute approximate surface area is 169 Å². The average Bonchev–Trinajstić information content (AvgIpc) is 3.10. The monoisotopic (exact) mass is 412 g/mol. The van der Waals surface area contributed by atoms with Crippen LogP contribution in [-0.2, 0) is 0 Å². The molecule has 0 unspecified atom stereocenters. The van der Waals surface area contributed by atoms with Crippen molar-refractivity contribution in [2.75, 3.05) is 14.2 Å². The lowest BCUT2D eigenvalue weighted by molar-refractivity contribution is 0.329. The summed E-state index contributed by atoms with van der Waals surface area (Å²) in [5.41, 5.74) is 1.58. The number of hydrogen-bond donors (Lipinski definition) is 0. The van der Waals surface area contributed by atoms with Crippen LogP contribution in [0, 0.1) is 12.7 Å². The Bertz CT molecular complexity index is 1250. The van der Waals surface area contributed by atoms with Crippen LogP contribution in [0.3, 0.4) is 0 Å². The molecule has 0 amide bonds. The third-order valence-electron chi connectivity index (χ3n) is 4.39. The smallest absolute Gasteiger partial charge is 0.310 e. The predicted octanol–water partition coefficient (Wildman–Crippen LogP) is 4.70. The molecule has 8 heteroatoms. The van der Waals surface area contributed by atoms with Gasteiger partial charge in [-0.2, -0.15) is 4.98 Å². The van der Waals surface area contributed by atoms with Crippen LogP contribution >= 0.6 is 11.3 Å². The number of ether oxygens (including phenoxy) is 3. The first kappa shape index (κ1) is 18.9. The van der Waals surface area contributed by atoms with Crippen LogP contribution < -0.4 is 19.8 Å². The van der Waals surface area contributed by atoms with Crippen molar-refractivity contribution in [3.05, 3.63) is 69.6 Å². The Balaban J connectivity index is 1.96. The highest BCUT2D eigenvalue weighted by Crippen LogP contribution is 2.39. The van der Waals surface area contributed by atoms with Gasteiger partial charge in [0.1, 0.15) is 10.5 Å². The highest BCUT2D eigenvalue weighted by molar-refractivity contribution is 7.17. The molecule has 4 rings (SSSR count). The molecule has 6 nitrogen and oxygen atoms in total. The first-order valence-electron chi connectivity index (χ1n) is 8.69. The van der Waals surface area contributed by atoms with Crippen LogP contribution in [0.1, 0.15) is 5.56 Å². The molecule has 0 aliphatic heterocycles. The number of aromatic nitrogens is 2. The van der Waals surface area contributed by atoms with Gasteiger partial charge in [0.15, 0.2) is 11.5 Å². The minimum absolute atomic E-state index is 0.0437. The van der Waals surface area contributed by atoms with Gasteiger partial charge in [-0.05, 0) is 54.3 Å². The zero-order valence-corrected chi connectivity index (χ0v) is 16.7. The Morgan fingerprint density at radius 2 is 1.76 bits per heavy atom. The molecule has 4 aromatic rings. The summed E-state index contributed by atoms with van der Waals surface area (Å²) in [5.74, 6) is 0.784. The largest absolute Gasteiger partial charge is 0.493 e. The van der Waals surface area contributed by atoms with Crippen molar-refractivity contribution < 1.29 is 18.6 Å². The maximum atomic E-state index is 13.4. The van der Waals surface area contributed by atoms with Gasteiger partial charge in [-0.15, -0.1) is 11.3 Å². The molecule has 2 aromatic carbocycles. The number of para-hydroxylation sites is 1. The fourth-order valence-corrected chi connectivity index (χ4v) is 3.90. The van der Waals surface area contributed by atoms with Crippen molar-refractivity contribution in [1.29, 1.82) is 0 Å². The van der Waals surface area contributed by atoms with Gasteiger partial charge >= 0.3 is 6.01 Å². The molecule has 2 aromatic heterocycles. The number of rotatable bonds is 5. The van der Waals surface area contributed by atoms with E-state index >= 15 is 0 Å². The van der Waals surface area contributed by atoms with Gasteiger partial charge in [-0.25, -0.2) is 8.96 Å². The van der Waals surface area contributed by atoms with Gasteiger partial charge in [-0.1, -0.05) is 6.07 Å². The summed E-state index contributed by atoms with van der Waals surface area (Å²) < 4.78 is 32.0. The van der Waals surface area contributed by atoms with Gasteiger partial charge in [0.05, 0.1) is 25.4 Å². The highest BCUT2D eigenvalue weighted by Gasteiger charge is 2.20. The summed E-state index contributed by atoms with van der Waals surface area (Å²) in [6, 6.07) is 10.8. The molecule has 0 bridgehead atoms. The van der Waals surface area contributed by atoms with Crippen LogP contribution in [0.4, 0.5) is 4.39 Å². The van der Waals surface area contributed by atoms with E-state index in [9.17, 15) is 9.18 Å². The van der Waals surface area contributed by atoms with Gasteiger partial charge < -0.3 is 14.2 Å². The third-order valence-corrected chi connectivity index (χ3v) is 5.47. The van der Waals surface area contributed by atoms with Crippen LogP contribution in [0.2, 0.25) is 0 Å². The Morgan fingerprint density at radius 1 is 1.03 bits per heavy atom. The lowest BCUT2D eigenvalue weighted by Crippen LogP contribution is -2.20. The zero-order chi connectivity index (χ0) is 20.5. The van der Waals surface area contributed by atoms with Crippen LogP contribution in [0.15, 0.2) is 52.6 Å². The molecule has 0 radical (unpaired) electrons. The molecule has 29 heavy (non-hydrogen) atoms. The minimum Gasteiger partial charge on any atom is -0.493 e. The van der Waals surface area contributed by atoms with Crippen molar-refractivity contribution in [1.82, 2.24) is 9.55 Å². The predicted molar refractivity (Wildman–Crippen MR) is 110 cm³/mol. The van der Waals surface area contributed by atoms with E-state index in [0.717, 1.165) is 5.56 Å². The summed E-state index contributed by atoms with van der Waals surface area (Å²) in [6.07, 6.45) is 0. The molecule has 0 spiro atoms. The van der Waals surface area contributed by atoms with Gasteiger partial charge in [0.25, 0.3) is 5.56 Å². The summed E-state index contributed by atoms with van der Waals surface area (Å²) in [6.45, 7) is 1.88. The van der Waals surface area contributed by atoms with Crippen molar-refractivity contribution in [2.45, 2.75) is 6.92 Å². The van der Waals surface area contributed by atoms with Gasteiger partial charge in [-0.3, -0.25) is 4.79 Å². The number of hydrogen-bond acceptors (Lipinski definition) is 6. The van der Waals surface area contributed by atoms with E-state index in [2.05, 4.69) is 4.98 Å². The molecular formula is C21H17FN2O4S. The number of halogens is 1. The number of aryl methyl sites for hydroxylation is 1. The van der Waals surface area contributed by atoms with E-state index in [1.165, 1.54) is 54.4 Å². The SMILES string of the molecule is COc1cccc(Oc2nc3c(C)csc3c(=O)n2-c2ccc(F)cc2)c1OC. The van der Waals surface area contributed by atoms with E-state index in [-0.39, 0.29) is 11.6 Å². The van der Waals surface area contributed by atoms with E-state index in [1.54, 1.807) is 18.2 Å². The fraction of sp³-hybridized carbons (Fsp3) is 0.143. The average molecular weight is 412 g/mol. The van der Waals surface area contributed by atoms with Crippen molar-refractivity contribution >= 4 is 21.6 Å². The molecule has 0 saturated heterocycles. The summed E-state index contributed by atoms with van der Waals surface area (Å²) in [5, 5.41) is 1.87. The lowest BCUT2D eigenvalue weighted by Gasteiger charge is -2.16. The Morgan fingerprint density at radius 3 is 2.45 bits per heavy atom. The highest BCUT2D eigenvalue weighted by atomic mass is 32.1. The molecular weight excluding hydrogens is 395 g/mol. The molecule has 0 aliphatic rings. The quantitative estimate of drug-likeness (QED) is 0.475. The topological polar surface area (TPSA) is 62.6 Å². The maximum absolute atomic E-state index is 13.4. The van der Waals surface area contributed by atoms with Crippen molar-refractivity contribution in [3.63, 3.8) is 0 Å². The van der Waals surface area contributed by atoms with Crippen LogP contribution in [0.5, 0.6) is 23.3 Å². The summed E-state index contributed by atoms with van der Waals surface area (Å²) in [7, 11) is 3.02. The van der Waals surface area contributed by atoms with E-state index in [4.69, 9.17) is 14.2 Å². The maximum Gasteiger partial charge on any atom is 0.310 e. The summed E-state index contributed by atoms with van der Waals surface area (Å²) in [4.78, 5) is 17.8. The zero-order valence-electron chi connectivity index (χ0n) is 15.9. The van der Waals surface area contributed by atoms with E-state index < -0.39 is 5.82 Å². The van der Waals surface area contributed by atoms with Crippen LogP contribution in [0.25, 0.3) is 15.9 Å². The normalized spacial score (nSPS) is 10.9. The molecule has 0 fully saturated rings. The van der Waals surface area contributed by atoms with Gasteiger partial charge in [0.2, 0.25) is 5.75 Å². The first-order chi connectivity index (χ1) is 14.0. The minimum atomic E-state index is -0.403. The Hall–Kier alpha value is -3.39. The lowest BCUT2D eigenvalue weighted by atomic mass is 10.3. The Kier molecular flexibility index (Phi) is 4.94. The second kappa shape index (κ2) is 7.56. The molecule has 0 atom stereocenters. The molecule has 0 saturated carbocycles. The fourth-order valence-electron chi connectivity index (χ4n) is 2.99. The standard InChI is InChI=1S/C21H17FN2O4S/c1-12-11-29-19-17(12)23-21(24(20(19)25)14-9-7-13(22)8-10-14)28-16-6-4-5-15(26-2)18(16)27-3/h4-11H,1-3H3. The molecule has 0 N–H and O–H groups in total. The molecule has 148 valence electrons. The molecule has 0 aliphatic carbocycles. The van der Waals surface area contributed by atoms with Crippen LogP contribution in [-0.4, -0.2) is 23.8 Å². The van der Waals surface area contributed by atoms with Gasteiger partial charge in [0, 0.05) is 0 Å². The number of methoxy groups -OCH3 is 2. The number of thiophene rings is 1. The number of nitrogens with zero attached hydrogens (tertiary/aromatic N) is 2. The first-order valence-corrected chi connectivity index (χ1v) is 9.57. The third kappa shape index (κ3) is 3.31. The summed E-state index contributed by atoms with van der Waals surface area (Å²) >= 11 is 1.31.